The van der Waals surface area contributed by atoms with Gasteiger partial charge in [0, 0.05) is 13.3 Å². The van der Waals surface area contributed by atoms with Crippen LogP contribution in [-0.4, -0.2) is 64.4 Å². The number of rotatable bonds is 5. The SMILES string of the molecule is CCCC(=O)O[C@H]1[C@H](O)[C@@H](CO)O[C@H](O)[C@@H]1NC(C)=O. The summed E-state index contributed by atoms with van der Waals surface area (Å²) in [6.45, 7) is 2.47. The molecule has 4 N–H and O–H groups in total. The lowest BCUT2D eigenvalue weighted by molar-refractivity contribution is -0.258. The third-order valence-electron chi connectivity index (χ3n) is 2.96. The van der Waals surface area contributed by atoms with Crippen LogP contribution < -0.4 is 5.32 Å². The van der Waals surface area contributed by atoms with Gasteiger partial charge in [-0.1, -0.05) is 6.92 Å². The Labute approximate surface area is 116 Å². The number of amides is 1. The van der Waals surface area contributed by atoms with Crippen LogP contribution in [0.15, 0.2) is 0 Å². The Morgan fingerprint density at radius 3 is 2.50 bits per heavy atom. The molecule has 0 saturated carbocycles. The van der Waals surface area contributed by atoms with Crippen LogP contribution in [0.3, 0.4) is 0 Å². The standard InChI is InChI=1S/C12H21NO7/c1-3-4-8(16)20-11-9(13-6(2)15)12(18)19-7(5-14)10(11)17/h7,9-12,14,17-18H,3-5H2,1-2H3,(H,13,15)/t7-,9-,10-,11-,12+/m1/s1. The predicted molar refractivity (Wildman–Crippen MR) is 66.4 cm³/mol. The topological polar surface area (TPSA) is 125 Å². The molecule has 0 aromatic rings. The number of esters is 1. The van der Waals surface area contributed by atoms with Gasteiger partial charge in [-0.25, -0.2) is 0 Å². The summed E-state index contributed by atoms with van der Waals surface area (Å²) < 4.78 is 10.1. The van der Waals surface area contributed by atoms with Crippen molar-refractivity contribution in [2.45, 2.75) is 57.3 Å². The van der Waals surface area contributed by atoms with Crippen molar-refractivity contribution < 1.29 is 34.4 Å². The van der Waals surface area contributed by atoms with Gasteiger partial charge in [-0.05, 0) is 6.42 Å². The average Bonchev–Trinajstić information content (AvgIpc) is 2.37. The summed E-state index contributed by atoms with van der Waals surface area (Å²) in [5.41, 5.74) is 0. The Kier molecular flexibility index (Phi) is 6.34. The van der Waals surface area contributed by atoms with E-state index in [0.29, 0.717) is 6.42 Å². The van der Waals surface area contributed by atoms with Gasteiger partial charge in [0.1, 0.15) is 18.2 Å². The first-order valence-electron chi connectivity index (χ1n) is 6.49. The highest BCUT2D eigenvalue weighted by atomic mass is 16.6. The molecule has 1 heterocycles. The van der Waals surface area contributed by atoms with Crippen LogP contribution in [0.25, 0.3) is 0 Å². The Morgan fingerprint density at radius 2 is 2.00 bits per heavy atom. The van der Waals surface area contributed by atoms with E-state index in [4.69, 9.17) is 14.6 Å². The van der Waals surface area contributed by atoms with Crippen molar-refractivity contribution in [2.24, 2.45) is 0 Å². The summed E-state index contributed by atoms with van der Waals surface area (Å²) in [5.74, 6) is -1.03. The number of carbonyl (C=O) groups is 2. The second kappa shape index (κ2) is 7.53. The molecule has 8 heteroatoms. The zero-order valence-electron chi connectivity index (χ0n) is 11.5. The highest BCUT2D eigenvalue weighted by molar-refractivity contribution is 5.73. The van der Waals surface area contributed by atoms with Crippen molar-refractivity contribution >= 4 is 11.9 Å². The lowest BCUT2D eigenvalue weighted by Gasteiger charge is -2.41. The third kappa shape index (κ3) is 4.14. The summed E-state index contributed by atoms with van der Waals surface area (Å²) in [6.07, 6.45) is -4.39. The van der Waals surface area contributed by atoms with Crippen LogP contribution in [0.1, 0.15) is 26.7 Å². The number of hydrogen-bond acceptors (Lipinski definition) is 7. The highest BCUT2D eigenvalue weighted by Gasteiger charge is 2.47. The van der Waals surface area contributed by atoms with E-state index >= 15 is 0 Å². The molecule has 1 aliphatic rings. The summed E-state index contributed by atoms with van der Waals surface area (Å²) >= 11 is 0. The second-order valence-corrected chi connectivity index (χ2v) is 4.67. The first-order chi connectivity index (χ1) is 9.40. The maximum absolute atomic E-state index is 11.6. The minimum Gasteiger partial charge on any atom is -0.457 e. The fourth-order valence-corrected chi connectivity index (χ4v) is 2.03. The lowest BCUT2D eigenvalue weighted by Crippen LogP contribution is -2.65. The summed E-state index contributed by atoms with van der Waals surface area (Å²) in [4.78, 5) is 22.7. The number of ether oxygens (including phenoxy) is 2. The molecule has 20 heavy (non-hydrogen) atoms. The molecule has 8 nitrogen and oxygen atoms in total. The molecule has 1 aliphatic heterocycles. The molecule has 5 atom stereocenters. The van der Waals surface area contributed by atoms with Crippen molar-refractivity contribution in [2.75, 3.05) is 6.61 Å². The smallest absolute Gasteiger partial charge is 0.306 e. The Morgan fingerprint density at radius 1 is 1.35 bits per heavy atom. The van der Waals surface area contributed by atoms with E-state index < -0.39 is 49.1 Å². The molecule has 116 valence electrons. The monoisotopic (exact) mass is 291 g/mol. The zero-order chi connectivity index (χ0) is 15.3. The molecule has 0 unspecified atom stereocenters. The van der Waals surface area contributed by atoms with Gasteiger partial charge in [0.15, 0.2) is 12.4 Å². The summed E-state index contributed by atoms with van der Waals surface area (Å²) in [7, 11) is 0. The average molecular weight is 291 g/mol. The van der Waals surface area contributed by atoms with E-state index in [2.05, 4.69) is 5.32 Å². The van der Waals surface area contributed by atoms with Crippen molar-refractivity contribution in [1.29, 1.82) is 0 Å². The molecular formula is C12H21NO7. The second-order valence-electron chi connectivity index (χ2n) is 4.67. The third-order valence-corrected chi connectivity index (χ3v) is 2.96. The largest absolute Gasteiger partial charge is 0.457 e. The molecule has 1 amide bonds. The van der Waals surface area contributed by atoms with Gasteiger partial charge in [-0.15, -0.1) is 0 Å². The van der Waals surface area contributed by atoms with E-state index in [1.165, 1.54) is 6.92 Å². The summed E-state index contributed by atoms with van der Waals surface area (Å²) in [5, 5.41) is 31.3. The van der Waals surface area contributed by atoms with Crippen LogP contribution >= 0.6 is 0 Å². The number of aliphatic hydroxyl groups is 3. The minimum atomic E-state index is -1.49. The highest BCUT2D eigenvalue weighted by Crippen LogP contribution is 2.23. The first kappa shape index (κ1) is 16.8. The Bertz CT molecular complexity index is 349. The summed E-state index contributed by atoms with van der Waals surface area (Å²) in [6, 6.07) is -1.09. The van der Waals surface area contributed by atoms with Gasteiger partial charge in [0.25, 0.3) is 0 Å². The van der Waals surface area contributed by atoms with Gasteiger partial charge in [-0.2, -0.15) is 0 Å². The van der Waals surface area contributed by atoms with Crippen LogP contribution in [0, 0.1) is 0 Å². The van der Waals surface area contributed by atoms with Gasteiger partial charge in [0.2, 0.25) is 5.91 Å². The molecule has 0 aromatic carbocycles. The lowest BCUT2D eigenvalue weighted by atomic mass is 9.96. The maximum Gasteiger partial charge on any atom is 0.306 e. The van der Waals surface area contributed by atoms with Crippen LogP contribution in [0.5, 0.6) is 0 Å². The van der Waals surface area contributed by atoms with Gasteiger partial charge >= 0.3 is 5.97 Å². The van der Waals surface area contributed by atoms with Crippen LogP contribution in [-0.2, 0) is 19.1 Å². The van der Waals surface area contributed by atoms with Crippen molar-refractivity contribution in [3.63, 3.8) is 0 Å². The fourth-order valence-electron chi connectivity index (χ4n) is 2.03. The number of hydrogen-bond donors (Lipinski definition) is 4. The Hall–Kier alpha value is -1.22. The number of aliphatic hydroxyl groups excluding tert-OH is 3. The molecule has 0 spiro atoms. The molecule has 1 saturated heterocycles. The predicted octanol–water partition coefficient (Wildman–Crippen LogP) is -1.73. The van der Waals surface area contributed by atoms with Crippen molar-refractivity contribution in [1.82, 2.24) is 5.32 Å². The zero-order valence-corrected chi connectivity index (χ0v) is 11.5. The van der Waals surface area contributed by atoms with E-state index in [1.807, 2.05) is 0 Å². The molecular weight excluding hydrogens is 270 g/mol. The van der Waals surface area contributed by atoms with E-state index in [-0.39, 0.29) is 6.42 Å². The van der Waals surface area contributed by atoms with Gasteiger partial charge in [-0.3, -0.25) is 9.59 Å². The van der Waals surface area contributed by atoms with E-state index in [9.17, 15) is 19.8 Å². The van der Waals surface area contributed by atoms with E-state index in [0.717, 1.165) is 0 Å². The molecule has 0 radical (unpaired) electrons. The van der Waals surface area contributed by atoms with E-state index in [1.54, 1.807) is 6.92 Å². The van der Waals surface area contributed by atoms with Gasteiger partial charge < -0.3 is 30.1 Å². The first-order valence-corrected chi connectivity index (χ1v) is 6.49. The van der Waals surface area contributed by atoms with Crippen LogP contribution in [0.4, 0.5) is 0 Å². The van der Waals surface area contributed by atoms with Crippen molar-refractivity contribution in [3.05, 3.63) is 0 Å². The quantitative estimate of drug-likeness (QED) is 0.444. The molecule has 1 fully saturated rings. The molecule has 0 aliphatic carbocycles. The minimum absolute atomic E-state index is 0.150. The number of nitrogens with one attached hydrogen (secondary N) is 1. The van der Waals surface area contributed by atoms with Crippen molar-refractivity contribution in [3.8, 4) is 0 Å². The number of carbonyl (C=O) groups excluding carboxylic acids is 2. The Balaban J connectivity index is 2.87. The van der Waals surface area contributed by atoms with Crippen LogP contribution in [0.2, 0.25) is 0 Å². The molecule has 0 aromatic heterocycles. The normalized spacial score (nSPS) is 33.5. The maximum atomic E-state index is 11.6. The fraction of sp³-hybridized carbons (Fsp3) is 0.833. The van der Waals surface area contributed by atoms with Gasteiger partial charge in [0.05, 0.1) is 6.61 Å². The molecule has 1 rings (SSSR count). The molecule has 0 bridgehead atoms.